The third-order valence-corrected chi connectivity index (χ3v) is 5.79. The second kappa shape index (κ2) is 7.58. The van der Waals surface area contributed by atoms with Crippen molar-refractivity contribution in [3.63, 3.8) is 0 Å². The number of anilines is 1. The Morgan fingerprint density at radius 1 is 1.29 bits per heavy atom. The largest absolute Gasteiger partial charge is 0.444 e. The Morgan fingerprint density at radius 2 is 2.00 bits per heavy atom. The van der Waals surface area contributed by atoms with E-state index in [0.29, 0.717) is 17.1 Å². The van der Waals surface area contributed by atoms with Gasteiger partial charge < -0.3 is 15.4 Å². The number of ether oxygens (including phenoxy) is 1. The molecular formula is C20H28N4O3S. The molecule has 0 radical (unpaired) electrons. The van der Waals surface area contributed by atoms with Crippen LogP contribution in [0.3, 0.4) is 0 Å². The lowest BCUT2D eigenvalue weighted by atomic mass is 9.99. The molecule has 1 aliphatic heterocycles. The highest BCUT2D eigenvalue weighted by Crippen LogP contribution is 2.37. The number of hydrogen-bond donors (Lipinski definition) is 1. The SMILES string of the molecule is CN(C)C(=O)c1sc2nc(C3CCCCN3C(=O)OC(C)(C)C)ccc2c1N. The number of hydrogen-bond acceptors (Lipinski definition) is 6. The molecule has 0 bridgehead atoms. The third-order valence-electron chi connectivity index (χ3n) is 4.69. The average molecular weight is 405 g/mol. The molecule has 1 aliphatic rings. The molecule has 1 atom stereocenters. The molecule has 8 heteroatoms. The number of carbonyl (C=O) groups is 2. The summed E-state index contributed by atoms with van der Waals surface area (Å²) in [4.78, 5) is 34.3. The number of nitrogen functional groups attached to an aromatic ring is 1. The first kappa shape index (κ1) is 20.4. The van der Waals surface area contributed by atoms with Gasteiger partial charge in [-0.2, -0.15) is 0 Å². The van der Waals surface area contributed by atoms with Gasteiger partial charge in [-0.15, -0.1) is 11.3 Å². The Balaban J connectivity index is 1.95. The van der Waals surface area contributed by atoms with Crippen molar-refractivity contribution in [2.75, 3.05) is 26.4 Å². The predicted molar refractivity (Wildman–Crippen MR) is 112 cm³/mol. The van der Waals surface area contributed by atoms with Gasteiger partial charge in [0.05, 0.1) is 17.4 Å². The van der Waals surface area contributed by atoms with Gasteiger partial charge >= 0.3 is 6.09 Å². The van der Waals surface area contributed by atoms with Crippen LogP contribution in [0.2, 0.25) is 0 Å². The van der Waals surface area contributed by atoms with E-state index in [0.717, 1.165) is 35.2 Å². The molecule has 1 saturated heterocycles. The van der Waals surface area contributed by atoms with E-state index < -0.39 is 5.60 Å². The van der Waals surface area contributed by atoms with Crippen LogP contribution in [0.15, 0.2) is 12.1 Å². The lowest BCUT2D eigenvalue weighted by molar-refractivity contribution is 0.00903. The Morgan fingerprint density at radius 3 is 2.64 bits per heavy atom. The summed E-state index contributed by atoms with van der Waals surface area (Å²) in [6.07, 6.45) is 2.50. The molecule has 3 heterocycles. The van der Waals surface area contributed by atoms with Crippen molar-refractivity contribution in [1.29, 1.82) is 0 Å². The minimum Gasteiger partial charge on any atom is -0.444 e. The smallest absolute Gasteiger partial charge is 0.410 e. The molecule has 28 heavy (non-hydrogen) atoms. The van der Waals surface area contributed by atoms with E-state index in [1.165, 1.54) is 16.2 Å². The van der Waals surface area contributed by atoms with E-state index in [2.05, 4.69) is 0 Å². The van der Waals surface area contributed by atoms with E-state index in [4.69, 9.17) is 15.5 Å². The maximum Gasteiger partial charge on any atom is 0.410 e. The monoisotopic (exact) mass is 404 g/mol. The number of thiophene rings is 1. The number of fused-ring (bicyclic) bond motifs is 1. The standard InChI is InChI=1S/C20H28N4O3S/c1-20(2,3)27-19(26)24-11-7-6-8-14(24)13-10-9-12-15(21)16(18(25)23(4)5)28-17(12)22-13/h9-10,14H,6-8,11,21H2,1-5H3. The molecule has 2 aromatic heterocycles. The first-order valence-electron chi connectivity index (χ1n) is 9.48. The number of amides is 2. The summed E-state index contributed by atoms with van der Waals surface area (Å²) >= 11 is 1.30. The van der Waals surface area contributed by atoms with Gasteiger partial charge in [0.15, 0.2) is 0 Å². The van der Waals surface area contributed by atoms with E-state index in [1.54, 1.807) is 19.0 Å². The van der Waals surface area contributed by atoms with Gasteiger partial charge in [-0.25, -0.2) is 9.78 Å². The lowest BCUT2D eigenvalue weighted by Crippen LogP contribution is -2.42. The number of aromatic nitrogens is 1. The van der Waals surface area contributed by atoms with Crippen LogP contribution in [0, 0.1) is 0 Å². The first-order chi connectivity index (χ1) is 13.1. The lowest BCUT2D eigenvalue weighted by Gasteiger charge is -2.36. The summed E-state index contributed by atoms with van der Waals surface area (Å²) in [7, 11) is 3.40. The van der Waals surface area contributed by atoms with Crippen LogP contribution in [0.25, 0.3) is 10.2 Å². The summed E-state index contributed by atoms with van der Waals surface area (Å²) in [5.41, 5.74) is 6.92. The highest BCUT2D eigenvalue weighted by Gasteiger charge is 2.32. The molecule has 1 fully saturated rings. The highest BCUT2D eigenvalue weighted by molar-refractivity contribution is 7.21. The topological polar surface area (TPSA) is 88.8 Å². The Hall–Kier alpha value is -2.35. The fourth-order valence-electron chi connectivity index (χ4n) is 3.34. The van der Waals surface area contributed by atoms with Crippen LogP contribution >= 0.6 is 11.3 Å². The maximum absolute atomic E-state index is 12.7. The Kier molecular flexibility index (Phi) is 5.52. The van der Waals surface area contributed by atoms with Crippen LogP contribution in [0.4, 0.5) is 10.5 Å². The zero-order chi connectivity index (χ0) is 20.6. The number of nitrogens with two attached hydrogens (primary N) is 1. The minimum atomic E-state index is -0.542. The quantitative estimate of drug-likeness (QED) is 0.816. The van der Waals surface area contributed by atoms with Crippen LogP contribution in [-0.2, 0) is 4.74 Å². The van der Waals surface area contributed by atoms with Crippen LogP contribution < -0.4 is 5.73 Å². The molecule has 2 N–H and O–H groups in total. The summed E-state index contributed by atoms with van der Waals surface area (Å²) < 4.78 is 5.59. The summed E-state index contributed by atoms with van der Waals surface area (Å²) in [6, 6.07) is 3.67. The van der Waals surface area contributed by atoms with E-state index in [1.807, 2.05) is 32.9 Å². The minimum absolute atomic E-state index is 0.130. The van der Waals surface area contributed by atoms with Gasteiger partial charge in [0.25, 0.3) is 5.91 Å². The highest BCUT2D eigenvalue weighted by atomic mass is 32.1. The normalized spacial score (nSPS) is 17.6. The second-order valence-electron chi connectivity index (χ2n) is 8.32. The van der Waals surface area contributed by atoms with Crippen molar-refractivity contribution in [2.24, 2.45) is 0 Å². The van der Waals surface area contributed by atoms with Crippen LogP contribution in [0.5, 0.6) is 0 Å². The van der Waals surface area contributed by atoms with Crippen molar-refractivity contribution in [3.05, 3.63) is 22.7 Å². The molecule has 0 aliphatic carbocycles. The predicted octanol–water partition coefficient (Wildman–Crippen LogP) is 4.04. The molecule has 3 rings (SSSR count). The molecule has 2 amide bonds. The molecule has 2 aromatic rings. The van der Waals surface area contributed by atoms with Gasteiger partial charge in [0.1, 0.15) is 15.3 Å². The zero-order valence-corrected chi connectivity index (χ0v) is 17.9. The maximum atomic E-state index is 12.7. The van der Waals surface area contributed by atoms with E-state index in [-0.39, 0.29) is 18.0 Å². The number of rotatable bonds is 2. The number of likely N-dealkylation sites (tertiary alicyclic amines) is 1. The first-order valence-corrected chi connectivity index (χ1v) is 10.3. The number of carbonyl (C=O) groups excluding carboxylic acids is 2. The van der Waals surface area contributed by atoms with Gasteiger partial charge in [-0.1, -0.05) is 0 Å². The van der Waals surface area contributed by atoms with Crippen molar-refractivity contribution in [2.45, 2.75) is 51.7 Å². The van der Waals surface area contributed by atoms with Crippen molar-refractivity contribution >= 4 is 39.2 Å². The van der Waals surface area contributed by atoms with Gasteiger partial charge in [-0.3, -0.25) is 9.69 Å². The fraction of sp³-hybridized carbons (Fsp3) is 0.550. The van der Waals surface area contributed by atoms with Gasteiger partial charge in [0.2, 0.25) is 0 Å². The van der Waals surface area contributed by atoms with Crippen molar-refractivity contribution in [1.82, 2.24) is 14.8 Å². The summed E-state index contributed by atoms with van der Waals surface area (Å²) in [6.45, 7) is 6.25. The third kappa shape index (κ3) is 4.06. The Bertz CT molecular complexity index is 901. The van der Waals surface area contributed by atoms with E-state index in [9.17, 15) is 9.59 Å². The summed E-state index contributed by atoms with van der Waals surface area (Å²) in [5.74, 6) is -0.130. The number of pyridine rings is 1. The number of nitrogens with zero attached hydrogens (tertiary/aromatic N) is 3. The molecule has 7 nitrogen and oxygen atoms in total. The molecule has 0 aromatic carbocycles. The summed E-state index contributed by atoms with van der Waals surface area (Å²) in [5, 5.41) is 0.776. The fourth-order valence-corrected chi connectivity index (χ4v) is 4.46. The van der Waals surface area contributed by atoms with Gasteiger partial charge in [0, 0.05) is 26.0 Å². The van der Waals surface area contributed by atoms with Crippen LogP contribution in [0.1, 0.15) is 61.4 Å². The molecular weight excluding hydrogens is 376 g/mol. The van der Waals surface area contributed by atoms with Crippen LogP contribution in [-0.4, -0.2) is 53.0 Å². The molecule has 1 unspecified atom stereocenters. The van der Waals surface area contributed by atoms with Gasteiger partial charge in [-0.05, 0) is 52.2 Å². The van der Waals surface area contributed by atoms with E-state index >= 15 is 0 Å². The average Bonchev–Trinajstić information content (AvgIpc) is 2.95. The number of piperidine rings is 1. The molecule has 152 valence electrons. The van der Waals surface area contributed by atoms with Crippen molar-refractivity contribution < 1.29 is 14.3 Å². The molecule has 0 saturated carbocycles. The van der Waals surface area contributed by atoms with Crippen molar-refractivity contribution in [3.8, 4) is 0 Å². The molecule has 0 spiro atoms. The Labute approximate surface area is 169 Å². The zero-order valence-electron chi connectivity index (χ0n) is 17.1. The second-order valence-corrected chi connectivity index (χ2v) is 9.32.